The number of hydrogen-bond acceptors (Lipinski definition) is 4. The van der Waals surface area contributed by atoms with Crippen LogP contribution in [0.15, 0.2) is 28.8 Å². The number of nitrogens with zero attached hydrogens (tertiary/aromatic N) is 2. The lowest BCUT2D eigenvalue weighted by atomic mass is 10.2. The van der Waals surface area contributed by atoms with E-state index in [2.05, 4.69) is 16.1 Å². The molecule has 4 heteroatoms. The lowest BCUT2D eigenvalue weighted by Crippen LogP contribution is -1.85. The summed E-state index contributed by atoms with van der Waals surface area (Å²) in [7, 11) is 1.63. The number of benzene rings is 1. The van der Waals surface area contributed by atoms with Crippen molar-refractivity contribution in [2.45, 2.75) is 12.8 Å². The van der Waals surface area contributed by atoms with Crippen molar-refractivity contribution < 1.29 is 9.26 Å². The molecular formula is C13H12N2O2. The van der Waals surface area contributed by atoms with Gasteiger partial charge in [0.25, 0.3) is 0 Å². The Morgan fingerprint density at radius 1 is 1.35 bits per heavy atom. The maximum atomic E-state index is 5.17. The number of aryl methyl sites for hydroxylation is 1. The van der Waals surface area contributed by atoms with Gasteiger partial charge in [-0.25, -0.2) is 0 Å². The van der Waals surface area contributed by atoms with E-state index in [9.17, 15) is 0 Å². The Balaban J connectivity index is 2.16. The van der Waals surface area contributed by atoms with Gasteiger partial charge in [0.1, 0.15) is 5.75 Å². The summed E-state index contributed by atoms with van der Waals surface area (Å²) in [4.78, 5) is 4.26. The van der Waals surface area contributed by atoms with Crippen LogP contribution < -0.4 is 4.74 Å². The van der Waals surface area contributed by atoms with Crippen LogP contribution >= 0.6 is 0 Å². The van der Waals surface area contributed by atoms with Crippen molar-refractivity contribution in [3.05, 3.63) is 30.2 Å². The molecule has 2 rings (SSSR count). The van der Waals surface area contributed by atoms with E-state index in [-0.39, 0.29) is 0 Å². The lowest BCUT2D eigenvalue weighted by molar-refractivity contribution is 0.380. The summed E-state index contributed by atoms with van der Waals surface area (Å²) in [5.41, 5.74) is 0.890. The molecule has 1 heterocycles. The summed E-state index contributed by atoms with van der Waals surface area (Å²) in [6, 6.07) is 7.48. The molecule has 0 aliphatic heterocycles. The minimum absolute atomic E-state index is 0.564. The van der Waals surface area contributed by atoms with Crippen LogP contribution in [0.3, 0.4) is 0 Å². The first-order chi connectivity index (χ1) is 8.33. The molecule has 1 aromatic heterocycles. The molecule has 0 atom stereocenters. The Kier molecular flexibility index (Phi) is 3.41. The monoisotopic (exact) mass is 228 g/mol. The van der Waals surface area contributed by atoms with Crippen molar-refractivity contribution in [1.82, 2.24) is 10.1 Å². The number of rotatable bonds is 4. The standard InChI is InChI=1S/C13H12N2O2/c1-3-4-5-12-14-13(15-17-12)10-6-8-11(16-2)9-7-10/h1,6-9H,4-5H2,2H3. The average molecular weight is 228 g/mol. The Morgan fingerprint density at radius 3 is 2.76 bits per heavy atom. The van der Waals surface area contributed by atoms with Crippen molar-refractivity contribution in [2.75, 3.05) is 7.11 Å². The van der Waals surface area contributed by atoms with Gasteiger partial charge in [0, 0.05) is 18.4 Å². The van der Waals surface area contributed by atoms with Crippen LogP contribution in [-0.2, 0) is 6.42 Å². The lowest BCUT2D eigenvalue weighted by Gasteiger charge is -1.98. The molecule has 0 N–H and O–H groups in total. The third-order valence-electron chi connectivity index (χ3n) is 2.30. The van der Waals surface area contributed by atoms with Gasteiger partial charge in [0.15, 0.2) is 0 Å². The van der Waals surface area contributed by atoms with E-state index in [1.54, 1.807) is 7.11 Å². The van der Waals surface area contributed by atoms with E-state index in [1.165, 1.54) is 0 Å². The fourth-order valence-electron chi connectivity index (χ4n) is 1.39. The van der Waals surface area contributed by atoms with Gasteiger partial charge in [0.2, 0.25) is 11.7 Å². The minimum Gasteiger partial charge on any atom is -0.497 e. The smallest absolute Gasteiger partial charge is 0.227 e. The van der Waals surface area contributed by atoms with Gasteiger partial charge in [-0.3, -0.25) is 0 Å². The van der Waals surface area contributed by atoms with E-state index in [0.29, 0.717) is 24.6 Å². The van der Waals surface area contributed by atoms with E-state index >= 15 is 0 Å². The fraction of sp³-hybridized carbons (Fsp3) is 0.231. The maximum Gasteiger partial charge on any atom is 0.227 e. The van der Waals surface area contributed by atoms with Crippen molar-refractivity contribution in [3.8, 4) is 29.5 Å². The molecule has 0 amide bonds. The predicted octanol–water partition coefficient (Wildman–Crippen LogP) is 2.31. The second-order valence-electron chi connectivity index (χ2n) is 3.44. The summed E-state index contributed by atoms with van der Waals surface area (Å²) in [5.74, 6) is 4.46. The molecule has 4 nitrogen and oxygen atoms in total. The van der Waals surface area contributed by atoms with Crippen LogP contribution in [0.25, 0.3) is 11.4 Å². The largest absolute Gasteiger partial charge is 0.497 e. The van der Waals surface area contributed by atoms with Gasteiger partial charge in [-0.2, -0.15) is 4.98 Å². The molecule has 17 heavy (non-hydrogen) atoms. The van der Waals surface area contributed by atoms with E-state index < -0.39 is 0 Å². The minimum atomic E-state index is 0.564. The molecule has 0 saturated heterocycles. The first kappa shape index (κ1) is 11.2. The molecule has 0 saturated carbocycles. The normalized spacial score (nSPS) is 9.88. The number of terminal acetylenes is 1. The SMILES string of the molecule is C#CCCc1nc(-c2ccc(OC)cc2)no1. The molecule has 2 aromatic rings. The highest BCUT2D eigenvalue weighted by Gasteiger charge is 2.07. The second-order valence-corrected chi connectivity index (χ2v) is 3.44. The van der Waals surface area contributed by atoms with E-state index in [0.717, 1.165) is 11.3 Å². The van der Waals surface area contributed by atoms with Crippen molar-refractivity contribution in [3.63, 3.8) is 0 Å². The number of ether oxygens (including phenoxy) is 1. The summed E-state index contributed by atoms with van der Waals surface area (Å²) in [6.45, 7) is 0. The molecule has 86 valence electrons. The quantitative estimate of drug-likeness (QED) is 0.753. The molecule has 0 aliphatic carbocycles. The summed E-state index contributed by atoms with van der Waals surface area (Å²) in [6.07, 6.45) is 6.38. The summed E-state index contributed by atoms with van der Waals surface area (Å²) >= 11 is 0. The first-order valence-electron chi connectivity index (χ1n) is 5.24. The summed E-state index contributed by atoms with van der Waals surface area (Å²) in [5, 5.41) is 3.90. The van der Waals surface area contributed by atoms with Crippen LogP contribution in [0, 0.1) is 12.3 Å². The Hall–Kier alpha value is -2.28. The van der Waals surface area contributed by atoms with Gasteiger partial charge in [0.05, 0.1) is 7.11 Å². The van der Waals surface area contributed by atoms with Gasteiger partial charge < -0.3 is 9.26 Å². The van der Waals surface area contributed by atoms with Crippen LogP contribution in [0.1, 0.15) is 12.3 Å². The average Bonchev–Trinajstić information content (AvgIpc) is 2.85. The number of hydrogen-bond donors (Lipinski definition) is 0. The highest BCUT2D eigenvalue weighted by atomic mass is 16.5. The van der Waals surface area contributed by atoms with Gasteiger partial charge in [-0.05, 0) is 24.3 Å². The molecule has 0 aliphatic rings. The third kappa shape index (κ3) is 2.64. The van der Waals surface area contributed by atoms with Crippen molar-refractivity contribution in [1.29, 1.82) is 0 Å². The zero-order valence-corrected chi connectivity index (χ0v) is 9.51. The number of methoxy groups -OCH3 is 1. The molecule has 0 spiro atoms. The highest BCUT2D eigenvalue weighted by molar-refractivity contribution is 5.55. The molecule has 0 fully saturated rings. The van der Waals surface area contributed by atoms with Crippen LogP contribution in [0.5, 0.6) is 5.75 Å². The van der Waals surface area contributed by atoms with E-state index in [1.807, 2.05) is 24.3 Å². The predicted molar refractivity (Wildman–Crippen MR) is 63.4 cm³/mol. The van der Waals surface area contributed by atoms with Crippen LogP contribution in [0.2, 0.25) is 0 Å². The van der Waals surface area contributed by atoms with Crippen LogP contribution in [0.4, 0.5) is 0 Å². The maximum absolute atomic E-state index is 5.17. The fourth-order valence-corrected chi connectivity index (χ4v) is 1.39. The second kappa shape index (κ2) is 5.17. The van der Waals surface area contributed by atoms with Crippen molar-refractivity contribution in [2.24, 2.45) is 0 Å². The van der Waals surface area contributed by atoms with Gasteiger partial charge in [-0.1, -0.05) is 5.16 Å². The van der Waals surface area contributed by atoms with Crippen LogP contribution in [-0.4, -0.2) is 17.3 Å². The van der Waals surface area contributed by atoms with E-state index in [4.69, 9.17) is 15.7 Å². The Labute approximate surface area is 99.6 Å². The zero-order valence-electron chi connectivity index (χ0n) is 9.51. The Bertz CT molecular complexity index is 523. The topological polar surface area (TPSA) is 48.2 Å². The molecule has 0 unspecified atom stereocenters. The first-order valence-corrected chi connectivity index (χ1v) is 5.24. The van der Waals surface area contributed by atoms with Crippen molar-refractivity contribution >= 4 is 0 Å². The van der Waals surface area contributed by atoms with Gasteiger partial charge in [-0.15, -0.1) is 12.3 Å². The third-order valence-corrected chi connectivity index (χ3v) is 2.30. The van der Waals surface area contributed by atoms with Gasteiger partial charge >= 0.3 is 0 Å². The number of aromatic nitrogens is 2. The zero-order chi connectivity index (χ0) is 12.1. The summed E-state index contributed by atoms with van der Waals surface area (Å²) < 4.78 is 10.2. The Morgan fingerprint density at radius 2 is 2.12 bits per heavy atom. The highest BCUT2D eigenvalue weighted by Crippen LogP contribution is 2.19. The molecular weight excluding hydrogens is 216 g/mol. The molecule has 0 bridgehead atoms. The molecule has 1 aromatic carbocycles. The molecule has 0 radical (unpaired) electrons.